The average molecular weight is 163 g/mol. The van der Waals surface area contributed by atoms with Crippen LogP contribution in [-0.2, 0) is 0 Å². The molecular weight excluding hydrogens is 158 g/mol. The van der Waals surface area contributed by atoms with Gasteiger partial charge in [0.15, 0.2) is 12.0 Å². The van der Waals surface area contributed by atoms with E-state index >= 15 is 0 Å². The van der Waals surface area contributed by atoms with Gasteiger partial charge in [0, 0.05) is 0 Å². The van der Waals surface area contributed by atoms with Crippen LogP contribution in [0.1, 0.15) is 10.4 Å². The molecule has 2 heterocycles. The van der Waals surface area contributed by atoms with Crippen LogP contribution < -0.4 is 0 Å². The topological polar surface area (TPSA) is 56.2 Å². The van der Waals surface area contributed by atoms with Crippen molar-refractivity contribution < 1.29 is 13.7 Å². The van der Waals surface area contributed by atoms with Crippen LogP contribution in [0.4, 0.5) is 0 Å². The summed E-state index contributed by atoms with van der Waals surface area (Å²) in [6.07, 6.45) is 3.53. The van der Waals surface area contributed by atoms with Crippen LogP contribution in [0, 0.1) is 0 Å². The molecule has 0 spiro atoms. The minimum atomic E-state index is 0.370. The molecule has 0 saturated carbocycles. The lowest BCUT2D eigenvalue weighted by Gasteiger charge is -1.87. The summed E-state index contributed by atoms with van der Waals surface area (Å²) in [4.78, 5) is 10.4. The summed E-state index contributed by atoms with van der Waals surface area (Å²) >= 11 is 0. The summed E-state index contributed by atoms with van der Waals surface area (Å²) in [5, 5.41) is 3.48. The SMILES string of the molecule is O=Cc1cnoc1-c1ccco1. The monoisotopic (exact) mass is 163 g/mol. The molecule has 60 valence electrons. The first-order valence-corrected chi connectivity index (χ1v) is 3.35. The zero-order chi connectivity index (χ0) is 8.39. The molecule has 12 heavy (non-hydrogen) atoms. The van der Waals surface area contributed by atoms with Crippen LogP contribution in [0.5, 0.6) is 0 Å². The van der Waals surface area contributed by atoms with Gasteiger partial charge in [0.25, 0.3) is 0 Å². The molecule has 0 radical (unpaired) electrons. The molecule has 0 bridgehead atoms. The number of aldehydes is 1. The van der Waals surface area contributed by atoms with E-state index in [0.717, 1.165) is 0 Å². The summed E-state index contributed by atoms with van der Waals surface area (Å²) in [6, 6.07) is 3.42. The maximum atomic E-state index is 10.4. The second kappa shape index (κ2) is 2.65. The van der Waals surface area contributed by atoms with Gasteiger partial charge >= 0.3 is 0 Å². The van der Waals surface area contributed by atoms with Crippen molar-refractivity contribution in [3.8, 4) is 11.5 Å². The van der Waals surface area contributed by atoms with Crippen molar-refractivity contribution >= 4 is 6.29 Å². The number of rotatable bonds is 2. The number of furan rings is 1. The third kappa shape index (κ3) is 0.934. The van der Waals surface area contributed by atoms with Crippen molar-refractivity contribution in [2.45, 2.75) is 0 Å². The number of hydrogen-bond donors (Lipinski definition) is 0. The molecule has 0 aliphatic carbocycles. The van der Waals surface area contributed by atoms with Crippen molar-refractivity contribution in [2.75, 3.05) is 0 Å². The van der Waals surface area contributed by atoms with Gasteiger partial charge < -0.3 is 8.94 Å². The van der Waals surface area contributed by atoms with E-state index in [2.05, 4.69) is 5.16 Å². The fourth-order valence-electron chi connectivity index (χ4n) is 0.926. The van der Waals surface area contributed by atoms with Crippen LogP contribution in [0.25, 0.3) is 11.5 Å². The normalized spacial score (nSPS) is 10.0. The van der Waals surface area contributed by atoms with Crippen LogP contribution in [-0.4, -0.2) is 11.4 Å². The molecule has 0 aromatic carbocycles. The summed E-state index contributed by atoms with van der Waals surface area (Å²) in [6.45, 7) is 0. The Balaban J connectivity index is 2.53. The Bertz CT molecular complexity index is 375. The summed E-state index contributed by atoms with van der Waals surface area (Å²) < 4.78 is 9.85. The molecule has 2 aromatic rings. The van der Waals surface area contributed by atoms with Crippen molar-refractivity contribution in [1.29, 1.82) is 0 Å². The number of aromatic nitrogens is 1. The number of carbonyl (C=O) groups is 1. The maximum Gasteiger partial charge on any atom is 0.212 e. The molecule has 0 saturated heterocycles. The standard InChI is InChI=1S/C8H5NO3/c10-5-6-4-9-12-8(6)7-2-1-3-11-7/h1-5H. The average Bonchev–Trinajstić information content (AvgIpc) is 2.74. The Labute approximate surface area is 67.8 Å². The number of carbonyl (C=O) groups excluding carboxylic acids is 1. The highest BCUT2D eigenvalue weighted by Gasteiger charge is 2.11. The number of hydrogen-bond acceptors (Lipinski definition) is 4. The van der Waals surface area contributed by atoms with E-state index in [1.165, 1.54) is 12.5 Å². The molecule has 2 aromatic heterocycles. The largest absolute Gasteiger partial charge is 0.461 e. The fraction of sp³-hybridized carbons (Fsp3) is 0. The van der Waals surface area contributed by atoms with E-state index in [1.807, 2.05) is 0 Å². The van der Waals surface area contributed by atoms with Gasteiger partial charge in [-0.25, -0.2) is 0 Å². The minimum absolute atomic E-state index is 0.370. The summed E-state index contributed by atoms with van der Waals surface area (Å²) in [5.74, 6) is 0.879. The highest BCUT2D eigenvalue weighted by atomic mass is 16.5. The first kappa shape index (κ1) is 6.84. The van der Waals surface area contributed by atoms with Gasteiger partial charge in [-0.1, -0.05) is 5.16 Å². The van der Waals surface area contributed by atoms with E-state index in [-0.39, 0.29) is 0 Å². The predicted octanol–water partition coefficient (Wildman–Crippen LogP) is 1.75. The van der Waals surface area contributed by atoms with Gasteiger partial charge in [-0.15, -0.1) is 0 Å². The van der Waals surface area contributed by atoms with Gasteiger partial charge in [0.05, 0.1) is 18.0 Å². The Morgan fingerprint density at radius 1 is 1.50 bits per heavy atom. The first-order valence-electron chi connectivity index (χ1n) is 3.35. The summed E-state index contributed by atoms with van der Waals surface area (Å²) in [7, 11) is 0. The highest BCUT2D eigenvalue weighted by Crippen LogP contribution is 2.22. The second-order valence-electron chi connectivity index (χ2n) is 2.21. The summed E-state index contributed by atoms with van der Waals surface area (Å²) in [5.41, 5.74) is 0.393. The van der Waals surface area contributed by atoms with E-state index < -0.39 is 0 Å². The van der Waals surface area contributed by atoms with Crippen molar-refractivity contribution in [2.24, 2.45) is 0 Å². The molecule has 4 nitrogen and oxygen atoms in total. The predicted molar refractivity (Wildman–Crippen MR) is 39.6 cm³/mol. The molecular formula is C8H5NO3. The molecule has 0 amide bonds. The van der Waals surface area contributed by atoms with Crippen LogP contribution in [0.2, 0.25) is 0 Å². The van der Waals surface area contributed by atoms with Crippen LogP contribution >= 0.6 is 0 Å². The molecule has 0 aliphatic rings. The maximum absolute atomic E-state index is 10.4. The molecule has 2 rings (SSSR count). The van der Waals surface area contributed by atoms with E-state index in [0.29, 0.717) is 23.4 Å². The Hall–Kier alpha value is -1.84. The van der Waals surface area contributed by atoms with Gasteiger partial charge in [0.1, 0.15) is 0 Å². The lowest BCUT2D eigenvalue weighted by molar-refractivity contribution is 0.112. The Morgan fingerprint density at radius 3 is 3.08 bits per heavy atom. The molecule has 0 fully saturated rings. The molecule has 0 atom stereocenters. The number of nitrogens with zero attached hydrogens (tertiary/aromatic N) is 1. The Morgan fingerprint density at radius 2 is 2.42 bits per heavy atom. The van der Waals surface area contributed by atoms with Crippen LogP contribution in [0.15, 0.2) is 33.5 Å². The van der Waals surface area contributed by atoms with E-state index in [9.17, 15) is 4.79 Å². The Kier molecular flexibility index (Phi) is 1.51. The van der Waals surface area contributed by atoms with E-state index in [1.54, 1.807) is 12.1 Å². The molecule has 0 unspecified atom stereocenters. The molecule has 0 N–H and O–H groups in total. The molecule has 4 heteroatoms. The highest BCUT2D eigenvalue weighted by molar-refractivity contribution is 5.82. The van der Waals surface area contributed by atoms with Crippen LogP contribution in [0.3, 0.4) is 0 Å². The van der Waals surface area contributed by atoms with Crippen molar-refractivity contribution in [3.63, 3.8) is 0 Å². The van der Waals surface area contributed by atoms with Gasteiger partial charge in [-0.3, -0.25) is 4.79 Å². The smallest absolute Gasteiger partial charge is 0.212 e. The zero-order valence-corrected chi connectivity index (χ0v) is 6.06. The fourth-order valence-corrected chi connectivity index (χ4v) is 0.926. The lowest BCUT2D eigenvalue weighted by Crippen LogP contribution is -1.77. The first-order chi connectivity index (χ1) is 5.92. The third-order valence-corrected chi connectivity index (χ3v) is 1.47. The second-order valence-corrected chi connectivity index (χ2v) is 2.21. The third-order valence-electron chi connectivity index (χ3n) is 1.47. The van der Waals surface area contributed by atoms with Gasteiger partial charge in [0.2, 0.25) is 5.76 Å². The quantitative estimate of drug-likeness (QED) is 0.633. The molecule has 0 aliphatic heterocycles. The van der Waals surface area contributed by atoms with Gasteiger partial charge in [-0.05, 0) is 12.1 Å². The van der Waals surface area contributed by atoms with Crippen molar-refractivity contribution in [1.82, 2.24) is 5.16 Å². The zero-order valence-electron chi connectivity index (χ0n) is 6.06. The minimum Gasteiger partial charge on any atom is -0.461 e. The van der Waals surface area contributed by atoms with Crippen molar-refractivity contribution in [3.05, 3.63) is 30.2 Å². The lowest BCUT2D eigenvalue weighted by atomic mass is 10.2. The van der Waals surface area contributed by atoms with E-state index in [4.69, 9.17) is 8.94 Å². The van der Waals surface area contributed by atoms with Gasteiger partial charge in [-0.2, -0.15) is 0 Å².